The molecule has 0 bridgehead atoms. The highest BCUT2D eigenvalue weighted by Crippen LogP contribution is 2.31. The smallest absolute Gasteiger partial charge is 0.377 e. The number of hydrogen-bond donors (Lipinski definition) is 1. The number of hydrogen-bond acceptors (Lipinski definition) is 5. The Morgan fingerprint density at radius 3 is 2.71 bits per heavy atom. The Morgan fingerprint density at radius 2 is 1.97 bits per heavy atom. The van der Waals surface area contributed by atoms with Gasteiger partial charge in [-0.05, 0) is 50.8 Å². The predicted molar refractivity (Wildman–Crippen MR) is 138 cm³/mol. The first kappa shape index (κ1) is 27.3. The standard InChI is InChI=1S/C27H30F3N5O3/c1-18-7-4-10-22-24(18)35(21-16-34(13-14-38-17-21)23(36)11-6-12-33(2)3)26(31-22)32-25(37)19-8-5-9-20(15-19)27(28,29)30/h4-11,15,21H,12-14,16-17H2,1-3H3,(H,31,32,37)/b11-6+/t21-/m1/s1. The summed E-state index contributed by atoms with van der Waals surface area (Å²) < 4.78 is 47.3. The van der Waals surface area contributed by atoms with Gasteiger partial charge in [0.25, 0.3) is 5.91 Å². The van der Waals surface area contributed by atoms with E-state index in [4.69, 9.17) is 4.74 Å². The van der Waals surface area contributed by atoms with Crippen LogP contribution < -0.4 is 5.32 Å². The Hall–Kier alpha value is -3.70. The number of aromatic nitrogens is 2. The van der Waals surface area contributed by atoms with E-state index in [1.165, 1.54) is 18.2 Å². The third-order valence-corrected chi connectivity index (χ3v) is 6.24. The van der Waals surface area contributed by atoms with Crippen LogP contribution in [0.15, 0.2) is 54.6 Å². The molecule has 1 aliphatic heterocycles. The summed E-state index contributed by atoms with van der Waals surface area (Å²) in [7, 11) is 3.82. The van der Waals surface area contributed by atoms with Crippen molar-refractivity contribution in [3.8, 4) is 0 Å². The summed E-state index contributed by atoms with van der Waals surface area (Å²) in [5, 5.41) is 2.70. The number of aryl methyl sites for hydroxylation is 1. The summed E-state index contributed by atoms with van der Waals surface area (Å²) in [6, 6.07) is 9.37. The Morgan fingerprint density at radius 1 is 1.21 bits per heavy atom. The minimum Gasteiger partial charge on any atom is -0.377 e. The molecule has 1 N–H and O–H groups in total. The van der Waals surface area contributed by atoms with Gasteiger partial charge in [-0.2, -0.15) is 13.2 Å². The number of likely N-dealkylation sites (N-methyl/N-ethyl adjacent to an activating group) is 1. The van der Waals surface area contributed by atoms with Gasteiger partial charge in [0.2, 0.25) is 11.9 Å². The number of anilines is 1. The molecule has 3 aromatic rings. The summed E-state index contributed by atoms with van der Waals surface area (Å²) in [4.78, 5) is 34.2. The van der Waals surface area contributed by atoms with E-state index in [9.17, 15) is 22.8 Å². The van der Waals surface area contributed by atoms with E-state index in [0.29, 0.717) is 31.8 Å². The molecule has 0 saturated carbocycles. The number of ether oxygens (including phenoxy) is 1. The normalized spacial score (nSPS) is 16.8. The van der Waals surface area contributed by atoms with Crippen molar-refractivity contribution in [2.45, 2.75) is 19.1 Å². The largest absolute Gasteiger partial charge is 0.416 e. The number of nitrogens with zero attached hydrogens (tertiary/aromatic N) is 4. The summed E-state index contributed by atoms with van der Waals surface area (Å²) >= 11 is 0. The number of alkyl halides is 3. The number of carbonyl (C=O) groups is 2. The highest BCUT2D eigenvalue weighted by molar-refractivity contribution is 6.04. The summed E-state index contributed by atoms with van der Waals surface area (Å²) in [6.45, 7) is 3.84. The predicted octanol–water partition coefficient (Wildman–Crippen LogP) is 4.13. The second-order valence-corrected chi connectivity index (χ2v) is 9.46. The van der Waals surface area contributed by atoms with Crippen molar-refractivity contribution in [2.75, 3.05) is 52.3 Å². The molecular weight excluding hydrogens is 499 g/mol. The van der Waals surface area contributed by atoms with Gasteiger partial charge in [-0.1, -0.05) is 24.3 Å². The molecule has 2 heterocycles. The molecule has 4 rings (SSSR count). The molecule has 1 atom stereocenters. The maximum Gasteiger partial charge on any atom is 0.416 e. The van der Waals surface area contributed by atoms with Crippen molar-refractivity contribution in [2.24, 2.45) is 0 Å². The monoisotopic (exact) mass is 529 g/mol. The zero-order chi connectivity index (χ0) is 27.4. The number of fused-ring (bicyclic) bond motifs is 1. The van der Waals surface area contributed by atoms with E-state index in [1.807, 2.05) is 42.6 Å². The van der Waals surface area contributed by atoms with E-state index in [-0.39, 0.29) is 24.0 Å². The van der Waals surface area contributed by atoms with Gasteiger partial charge in [0.1, 0.15) is 0 Å². The third kappa shape index (κ3) is 6.22. The minimum absolute atomic E-state index is 0.143. The average molecular weight is 530 g/mol. The van der Waals surface area contributed by atoms with E-state index < -0.39 is 23.7 Å². The first-order valence-electron chi connectivity index (χ1n) is 12.2. The molecule has 11 heteroatoms. The molecule has 202 valence electrons. The van der Waals surface area contributed by atoms with Gasteiger partial charge < -0.3 is 19.1 Å². The highest BCUT2D eigenvalue weighted by Gasteiger charge is 2.31. The molecule has 0 aliphatic carbocycles. The number of amides is 2. The van der Waals surface area contributed by atoms with E-state index >= 15 is 0 Å². The fraction of sp³-hybridized carbons (Fsp3) is 0.370. The Kier molecular flexibility index (Phi) is 8.17. The van der Waals surface area contributed by atoms with E-state index in [2.05, 4.69) is 10.3 Å². The molecule has 0 spiro atoms. The Bertz CT molecular complexity index is 1350. The Balaban J connectivity index is 1.68. The minimum atomic E-state index is -4.57. The number of imidazole rings is 1. The number of para-hydroxylation sites is 1. The number of rotatable bonds is 6. The second-order valence-electron chi connectivity index (χ2n) is 9.46. The van der Waals surface area contributed by atoms with Crippen molar-refractivity contribution in [1.29, 1.82) is 0 Å². The Labute approximate surface area is 218 Å². The number of benzene rings is 2. The van der Waals surface area contributed by atoms with Crippen molar-refractivity contribution in [3.05, 3.63) is 71.3 Å². The molecule has 0 unspecified atom stereocenters. The zero-order valence-electron chi connectivity index (χ0n) is 21.5. The average Bonchev–Trinajstić information content (AvgIpc) is 3.05. The van der Waals surface area contributed by atoms with E-state index in [0.717, 1.165) is 23.2 Å². The van der Waals surface area contributed by atoms with Gasteiger partial charge in [-0.25, -0.2) is 4.98 Å². The molecule has 1 fully saturated rings. The quantitative estimate of drug-likeness (QED) is 0.486. The SMILES string of the molecule is Cc1cccc2nc(NC(=O)c3cccc(C(F)(F)F)c3)n([C@H]3COCCN(C(=O)/C=C/CN(C)C)C3)c12. The molecule has 2 aromatic carbocycles. The lowest BCUT2D eigenvalue weighted by molar-refractivity contribution is -0.137. The van der Waals surface area contributed by atoms with Crippen molar-refractivity contribution >= 4 is 28.8 Å². The molecule has 8 nitrogen and oxygen atoms in total. The van der Waals surface area contributed by atoms with Gasteiger partial charge in [0.15, 0.2) is 0 Å². The van der Waals surface area contributed by atoms with Crippen LogP contribution in [0.5, 0.6) is 0 Å². The van der Waals surface area contributed by atoms with Crippen molar-refractivity contribution in [3.63, 3.8) is 0 Å². The molecule has 1 aliphatic rings. The lowest BCUT2D eigenvalue weighted by Crippen LogP contribution is -2.36. The first-order chi connectivity index (χ1) is 18.0. The molecular formula is C27H30F3N5O3. The van der Waals surface area contributed by atoms with Crippen LogP contribution in [0.1, 0.15) is 27.5 Å². The van der Waals surface area contributed by atoms with Gasteiger partial charge >= 0.3 is 6.18 Å². The van der Waals surface area contributed by atoms with Crippen molar-refractivity contribution < 1.29 is 27.5 Å². The summed E-state index contributed by atoms with van der Waals surface area (Å²) in [5.41, 5.74) is 1.19. The number of carbonyl (C=O) groups excluding carboxylic acids is 2. The van der Waals surface area contributed by atoms with Gasteiger partial charge in [0, 0.05) is 31.3 Å². The maximum absolute atomic E-state index is 13.2. The van der Waals surface area contributed by atoms with Crippen LogP contribution in [0.2, 0.25) is 0 Å². The molecule has 1 saturated heterocycles. The molecule has 2 amide bonds. The lowest BCUT2D eigenvalue weighted by Gasteiger charge is -2.25. The number of halogens is 3. The van der Waals surface area contributed by atoms with Gasteiger partial charge in [0.05, 0.1) is 35.9 Å². The van der Waals surface area contributed by atoms with Crippen LogP contribution >= 0.6 is 0 Å². The zero-order valence-corrected chi connectivity index (χ0v) is 21.5. The summed E-state index contributed by atoms with van der Waals surface area (Å²) in [5.74, 6) is -0.708. The third-order valence-electron chi connectivity index (χ3n) is 6.24. The van der Waals surface area contributed by atoms with Gasteiger partial charge in [-0.15, -0.1) is 0 Å². The van der Waals surface area contributed by atoms with Crippen LogP contribution in [0.25, 0.3) is 11.0 Å². The van der Waals surface area contributed by atoms with Crippen LogP contribution in [0.4, 0.5) is 19.1 Å². The molecule has 0 radical (unpaired) electrons. The number of nitrogens with one attached hydrogen (secondary N) is 1. The fourth-order valence-electron chi connectivity index (χ4n) is 4.39. The van der Waals surface area contributed by atoms with Crippen LogP contribution in [0.3, 0.4) is 0 Å². The van der Waals surface area contributed by atoms with Crippen LogP contribution in [-0.4, -0.2) is 78.1 Å². The molecule has 38 heavy (non-hydrogen) atoms. The summed E-state index contributed by atoms with van der Waals surface area (Å²) in [6.07, 6.45) is -1.24. The van der Waals surface area contributed by atoms with E-state index in [1.54, 1.807) is 17.0 Å². The second kappa shape index (κ2) is 11.4. The van der Waals surface area contributed by atoms with Crippen LogP contribution in [0, 0.1) is 6.92 Å². The first-order valence-corrected chi connectivity index (χ1v) is 12.2. The van der Waals surface area contributed by atoms with Gasteiger partial charge in [-0.3, -0.25) is 14.9 Å². The van der Waals surface area contributed by atoms with Crippen LogP contribution in [-0.2, 0) is 15.7 Å². The maximum atomic E-state index is 13.2. The van der Waals surface area contributed by atoms with Crippen molar-refractivity contribution in [1.82, 2.24) is 19.4 Å². The fourth-order valence-corrected chi connectivity index (χ4v) is 4.39. The highest BCUT2D eigenvalue weighted by atomic mass is 19.4. The molecule has 1 aromatic heterocycles. The lowest BCUT2D eigenvalue weighted by atomic mass is 10.1. The topological polar surface area (TPSA) is 79.7 Å².